The van der Waals surface area contributed by atoms with Gasteiger partial charge < -0.3 is 15.0 Å². The number of halogens is 1. The van der Waals surface area contributed by atoms with Gasteiger partial charge in [0.15, 0.2) is 0 Å². The van der Waals surface area contributed by atoms with Gasteiger partial charge in [-0.1, -0.05) is 0 Å². The third-order valence-electron chi connectivity index (χ3n) is 6.86. The van der Waals surface area contributed by atoms with E-state index < -0.39 is 0 Å². The van der Waals surface area contributed by atoms with Crippen LogP contribution in [0.2, 0.25) is 0 Å². The summed E-state index contributed by atoms with van der Waals surface area (Å²) >= 11 is 1.84. The fourth-order valence-electron chi connectivity index (χ4n) is 5.10. The van der Waals surface area contributed by atoms with Crippen molar-refractivity contribution in [3.8, 4) is 0 Å². The van der Waals surface area contributed by atoms with E-state index in [1.807, 2.05) is 18.3 Å². The van der Waals surface area contributed by atoms with Gasteiger partial charge in [-0.05, 0) is 84.5 Å². The van der Waals surface area contributed by atoms with E-state index in [9.17, 15) is 4.79 Å². The van der Waals surface area contributed by atoms with Crippen molar-refractivity contribution in [2.75, 3.05) is 32.8 Å². The first-order chi connectivity index (χ1) is 13.7. The summed E-state index contributed by atoms with van der Waals surface area (Å²) in [5, 5.41) is 15.0. The number of carbonyl (C=O) groups excluding carboxylic acids is 1. The fourth-order valence-corrected chi connectivity index (χ4v) is 6.28. The number of esters is 1. The largest absolute Gasteiger partial charge is 0.466 e. The Hall–Kier alpha value is -0.760. The molecule has 164 valence electrons. The molecule has 4 rings (SSSR count). The molecule has 2 saturated heterocycles. The molecule has 6 nitrogen and oxygen atoms in total. The van der Waals surface area contributed by atoms with Crippen molar-refractivity contribution in [1.29, 1.82) is 0 Å². The summed E-state index contributed by atoms with van der Waals surface area (Å²) in [6, 6.07) is 0.779. The normalized spacial score (nSPS) is 27.3. The topological polar surface area (TPSA) is 67.3 Å². The van der Waals surface area contributed by atoms with Gasteiger partial charge in [-0.15, -0.1) is 33.9 Å². The maximum absolute atomic E-state index is 11.9. The van der Waals surface area contributed by atoms with Crippen LogP contribution in [-0.2, 0) is 9.53 Å². The number of carbonyl (C=O) groups is 1. The Morgan fingerprint density at radius 2 is 1.59 bits per heavy atom. The predicted molar refractivity (Wildman–Crippen MR) is 118 cm³/mol. The van der Waals surface area contributed by atoms with Crippen LogP contribution >= 0.6 is 23.7 Å². The second kappa shape index (κ2) is 11.0. The van der Waals surface area contributed by atoms with E-state index >= 15 is 0 Å². The van der Waals surface area contributed by atoms with E-state index in [-0.39, 0.29) is 24.3 Å². The van der Waals surface area contributed by atoms with Crippen molar-refractivity contribution >= 4 is 29.7 Å². The average Bonchev–Trinajstić information content (AvgIpc) is 3.25. The highest BCUT2D eigenvalue weighted by Crippen LogP contribution is 2.39. The van der Waals surface area contributed by atoms with Crippen molar-refractivity contribution < 1.29 is 9.53 Å². The zero-order valence-corrected chi connectivity index (χ0v) is 19.1. The summed E-state index contributed by atoms with van der Waals surface area (Å²) < 4.78 is 5.19. The number of hydrogen-bond acceptors (Lipinski definition) is 7. The van der Waals surface area contributed by atoms with Crippen LogP contribution in [0.1, 0.15) is 80.1 Å². The minimum absolute atomic E-state index is 0. The third-order valence-corrected chi connectivity index (χ3v) is 8.10. The van der Waals surface area contributed by atoms with Gasteiger partial charge >= 0.3 is 5.97 Å². The molecule has 0 atom stereocenters. The van der Waals surface area contributed by atoms with Crippen molar-refractivity contribution in [3.05, 3.63) is 10.0 Å². The monoisotopic (exact) mass is 442 g/mol. The van der Waals surface area contributed by atoms with Crippen LogP contribution < -0.4 is 5.32 Å². The molecule has 1 aliphatic carbocycles. The van der Waals surface area contributed by atoms with E-state index in [1.54, 1.807) is 0 Å². The van der Waals surface area contributed by atoms with Gasteiger partial charge in [0.05, 0.1) is 12.5 Å². The first-order valence-electron chi connectivity index (χ1n) is 11.2. The molecule has 3 fully saturated rings. The van der Waals surface area contributed by atoms with Crippen molar-refractivity contribution in [3.63, 3.8) is 0 Å². The van der Waals surface area contributed by atoms with Gasteiger partial charge in [-0.3, -0.25) is 4.79 Å². The Kier molecular flexibility index (Phi) is 8.71. The van der Waals surface area contributed by atoms with Gasteiger partial charge in [-0.25, -0.2) is 0 Å². The summed E-state index contributed by atoms with van der Waals surface area (Å²) in [6.07, 6.45) is 8.94. The SMILES string of the molecule is CCOC(=O)C1CCC(c2nnc(C3CCN(C4CCNCC4)CC3)s2)CC1.Cl. The Morgan fingerprint density at radius 1 is 1.00 bits per heavy atom. The maximum atomic E-state index is 11.9. The quantitative estimate of drug-likeness (QED) is 0.701. The second-order valence-corrected chi connectivity index (χ2v) is 9.61. The summed E-state index contributed by atoms with van der Waals surface area (Å²) in [5.74, 6) is 1.13. The first-order valence-corrected chi connectivity index (χ1v) is 12.0. The molecule has 0 bridgehead atoms. The highest BCUT2D eigenvalue weighted by atomic mass is 35.5. The number of nitrogens with one attached hydrogen (secondary N) is 1. The summed E-state index contributed by atoms with van der Waals surface area (Å²) in [4.78, 5) is 14.6. The second-order valence-electron chi connectivity index (χ2n) is 8.57. The standard InChI is InChI=1S/C21H34N4O2S.ClH/c1-2-27-21(26)17-5-3-15(4-6-17)19-23-24-20(28-19)16-9-13-25(14-10-16)18-7-11-22-12-8-18;/h15-18,22H,2-14H2,1H3;1H. The molecule has 0 amide bonds. The summed E-state index contributed by atoms with van der Waals surface area (Å²) in [5.41, 5.74) is 0. The molecule has 3 heterocycles. The van der Waals surface area contributed by atoms with Crippen molar-refractivity contribution in [2.24, 2.45) is 5.92 Å². The van der Waals surface area contributed by atoms with Crippen LogP contribution in [-0.4, -0.2) is 59.9 Å². The van der Waals surface area contributed by atoms with Crippen molar-refractivity contribution in [1.82, 2.24) is 20.4 Å². The molecular formula is C21H35ClN4O2S. The number of piperidine rings is 2. The predicted octanol–water partition coefficient (Wildman–Crippen LogP) is 3.73. The molecule has 1 aromatic heterocycles. The average molecular weight is 443 g/mol. The molecule has 29 heavy (non-hydrogen) atoms. The molecule has 0 unspecified atom stereocenters. The molecule has 8 heteroatoms. The molecule has 2 aliphatic heterocycles. The smallest absolute Gasteiger partial charge is 0.308 e. The Morgan fingerprint density at radius 3 is 2.17 bits per heavy atom. The lowest BCUT2D eigenvalue weighted by atomic mass is 9.82. The van der Waals surface area contributed by atoms with Crippen LogP contribution in [0.4, 0.5) is 0 Å². The van der Waals surface area contributed by atoms with Gasteiger partial charge in [0.1, 0.15) is 10.0 Å². The first kappa shape index (κ1) is 22.9. The number of rotatable bonds is 5. The number of hydrogen-bond donors (Lipinski definition) is 1. The van der Waals surface area contributed by atoms with Crippen LogP contribution in [0.25, 0.3) is 0 Å². The van der Waals surface area contributed by atoms with Crippen LogP contribution in [0.15, 0.2) is 0 Å². The number of nitrogens with zero attached hydrogens (tertiary/aromatic N) is 3. The van der Waals surface area contributed by atoms with E-state index in [2.05, 4.69) is 20.4 Å². The van der Waals surface area contributed by atoms with Crippen LogP contribution in [0.5, 0.6) is 0 Å². The summed E-state index contributed by atoms with van der Waals surface area (Å²) in [6.45, 7) is 7.10. The molecule has 0 radical (unpaired) electrons. The van der Waals surface area contributed by atoms with Gasteiger partial charge in [-0.2, -0.15) is 0 Å². The third kappa shape index (κ3) is 5.69. The molecule has 1 aromatic rings. The van der Waals surface area contributed by atoms with Crippen LogP contribution in [0, 0.1) is 5.92 Å². The Bertz CT molecular complexity index is 636. The lowest BCUT2D eigenvalue weighted by molar-refractivity contribution is -0.149. The molecule has 0 aromatic carbocycles. The molecule has 0 spiro atoms. The highest BCUT2D eigenvalue weighted by molar-refractivity contribution is 7.11. The van der Waals surface area contributed by atoms with Gasteiger partial charge in [0, 0.05) is 17.9 Å². The summed E-state index contributed by atoms with van der Waals surface area (Å²) in [7, 11) is 0. The zero-order valence-electron chi connectivity index (χ0n) is 17.5. The number of aromatic nitrogens is 2. The Labute approximate surface area is 184 Å². The number of ether oxygens (including phenoxy) is 1. The minimum Gasteiger partial charge on any atom is -0.466 e. The lowest BCUT2D eigenvalue weighted by Gasteiger charge is -2.39. The maximum Gasteiger partial charge on any atom is 0.308 e. The van der Waals surface area contributed by atoms with E-state index in [4.69, 9.17) is 4.74 Å². The molecular weight excluding hydrogens is 408 g/mol. The van der Waals surface area contributed by atoms with E-state index in [1.165, 1.54) is 61.9 Å². The fraction of sp³-hybridized carbons (Fsp3) is 0.857. The highest BCUT2D eigenvalue weighted by Gasteiger charge is 2.32. The molecule has 3 aliphatic rings. The van der Waals surface area contributed by atoms with Crippen molar-refractivity contribution in [2.45, 2.75) is 76.2 Å². The van der Waals surface area contributed by atoms with Gasteiger partial charge in [0.25, 0.3) is 0 Å². The lowest BCUT2D eigenvalue weighted by Crippen LogP contribution is -2.46. The number of likely N-dealkylation sites (tertiary alicyclic amines) is 1. The Balaban J connectivity index is 0.00000240. The minimum atomic E-state index is -0.0144. The van der Waals surface area contributed by atoms with E-state index in [0.717, 1.165) is 31.7 Å². The van der Waals surface area contributed by atoms with E-state index in [0.29, 0.717) is 18.4 Å². The molecule has 1 N–H and O–H groups in total. The van der Waals surface area contributed by atoms with Crippen LogP contribution in [0.3, 0.4) is 0 Å². The molecule has 1 saturated carbocycles. The zero-order chi connectivity index (χ0) is 19.3. The van der Waals surface area contributed by atoms with Gasteiger partial charge in [0.2, 0.25) is 0 Å².